The predicted octanol–water partition coefficient (Wildman–Crippen LogP) is 1.79. The van der Waals surface area contributed by atoms with E-state index in [-0.39, 0.29) is 16.6 Å². The second kappa shape index (κ2) is 7.63. The highest BCUT2D eigenvalue weighted by Gasteiger charge is 2.26. The van der Waals surface area contributed by atoms with Gasteiger partial charge in [-0.05, 0) is 12.1 Å². The standard InChI is InChI=1S/C18H18ClN3O3/c19-16-7-6-15(12-17(16)22(24)25)18(23)21-10-8-20(9-11-21)13-14-4-2-1-3-5-14/h1-7,12H,8-11,13H2/p+1. The lowest BCUT2D eigenvalue weighted by Gasteiger charge is -2.32. The van der Waals surface area contributed by atoms with E-state index in [0.717, 1.165) is 19.6 Å². The van der Waals surface area contributed by atoms with Gasteiger partial charge in [0.2, 0.25) is 0 Å². The van der Waals surface area contributed by atoms with Gasteiger partial charge in [0.15, 0.2) is 0 Å². The number of nitro benzene ring substituents is 1. The molecule has 2 aromatic carbocycles. The van der Waals surface area contributed by atoms with Crippen LogP contribution < -0.4 is 4.90 Å². The van der Waals surface area contributed by atoms with Crippen LogP contribution in [0.5, 0.6) is 0 Å². The van der Waals surface area contributed by atoms with Crippen molar-refractivity contribution in [1.82, 2.24) is 4.90 Å². The largest absolute Gasteiger partial charge is 0.328 e. The molecular formula is C18H19ClN3O3+. The summed E-state index contributed by atoms with van der Waals surface area (Å²) in [4.78, 5) is 26.2. The maximum atomic E-state index is 12.6. The SMILES string of the molecule is O=C(c1ccc(Cl)c([N+](=O)[O-])c1)N1CC[NH+](Cc2ccccc2)CC1. The lowest BCUT2D eigenvalue weighted by Crippen LogP contribution is -3.13. The molecule has 0 aromatic heterocycles. The first-order valence-corrected chi connectivity index (χ1v) is 8.53. The number of carbonyl (C=O) groups excluding carboxylic acids is 1. The van der Waals surface area contributed by atoms with Gasteiger partial charge in [-0.2, -0.15) is 0 Å². The van der Waals surface area contributed by atoms with Crippen LogP contribution in [-0.4, -0.2) is 41.9 Å². The number of nitro groups is 1. The molecule has 6 nitrogen and oxygen atoms in total. The molecule has 0 aliphatic carbocycles. The molecule has 7 heteroatoms. The number of nitrogens with zero attached hydrogens (tertiary/aromatic N) is 2. The Hall–Kier alpha value is -2.44. The van der Waals surface area contributed by atoms with Crippen LogP contribution in [0.4, 0.5) is 5.69 Å². The molecule has 1 N–H and O–H groups in total. The molecule has 3 rings (SSSR count). The Labute approximate surface area is 150 Å². The Morgan fingerprint density at radius 2 is 1.84 bits per heavy atom. The van der Waals surface area contributed by atoms with E-state index in [2.05, 4.69) is 12.1 Å². The Morgan fingerprint density at radius 1 is 1.16 bits per heavy atom. The van der Waals surface area contributed by atoms with Crippen molar-refractivity contribution in [3.05, 3.63) is 74.8 Å². The van der Waals surface area contributed by atoms with E-state index >= 15 is 0 Å². The summed E-state index contributed by atoms with van der Waals surface area (Å²) in [6, 6.07) is 14.5. The highest BCUT2D eigenvalue weighted by molar-refractivity contribution is 6.32. The van der Waals surface area contributed by atoms with E-state index in [1.807, 2.05) is 18.2 Å². The lowest BCUT2D eigenvalue weighted by molar-refractivity contribution is -0.917. The number of halogens is 1. The first kappa shape index (κ1) is 17.4. The van der Waals surface area contributed by atoms with Gasteiger partial charge in [0.1, 0.15) is 11.6 Å². The normalized spacial score (nSPS) is 15.2. The third-order valence-electron chi connectivity index (χ3n) is 4.44. The Bertz CT molecular complexity index is 774. The van der Waals surface area contributed by atoms with E-state index in [1.165, 1.54) is 22.6 Å². The molecule has 0 spiro atoms. The second-order valence-electron chi connectivity index (χ2n) is 6.13. The fraction of sp³-hybridized carbons (Fsp3) is 0.278. The number of nitrogens with one attached hydrogen (secondary N) is 1. The molecule has 0 atom stereocenters. The second-order valence-corrected chi connectivity index (χ2v) is 6.54. The Kier molecular flexibility index (Phi) is 5.31. The van der Waals surface area contributed by atoms with Crippen LogP contribution in [0.3, 0.4) is 0 Å². The van der Waals surface area contributed by atoms with Gasteiger partial charge in [-0.15, -0.1) is 0 Å². The van der Waals surface area contributed by atoms with E-state index in [1.54, 1.807) is 11.0 Å². The molecule has 1 heterocycles. The van der Waals surface area contributed by atoms with Crippen LogP contribution in [0.1, 0.15) is 15.9 Å². The topological polar surface area (TPSA) is 67.9 Å². The summed E-state index contributed by atoms with van der Waals surface area (Å²) in [5, 5.41) is 11.0. The summed E-state index contributed by atoms with van der Waals surface area (Å²) in [5.74, 6) is -0.182. The highest BCUT2D eigenvalue weighted by Crippen LogP contribution is 2.25. The number of quaternary nitrogens is 1. The maximum absolute atomic E-state index is 12.6. The van der Waals surface area contributed by atoms with Gasteiger partial charge in [0.05, 0.1) is 31.1 Å². The third-order valence-corrected chi connectivity index (χ3v) is 4.76. The van der Waals surface area contributed by atoms with Gasteiger partial charge < -0.3 is 9.80 Å². The highest BCUT2D eigenvalue weighted by atomic mass is 35.5. The lowest BCUT2D eigenvalue weighted by atomic mass is 10.1. The summed E-state index contributed by atoms with van der Waals surface area (Å²) in [7, 11) is 0. The number of rotatable bonds is 4. The molecule has 1 saturated heterocycles. The smallest absolute Gasteiger partial charge is 0.288 e. The van der Waals surface area contributed by atoms with Crippen molar-refractivity contribution in [3.8, 4) is 0 Å². The average molecular weight is 361 g/mol. The Morgan fingerprint density at radius 3 is 2.48 bits per heavy atom. The molecule has 0 radical (unpaired) electrons. The number of piperazine rings is 1. The van der Waals surface area contributed by atoms with Crippen LogP contribution in [0.25, 0.3) is 0 Å². The summed E-state index contributed by atoms with van der Waals surface area (Å²) >= 11 is 5.81. The molecule has 0 unspecified atom stereocenters. The van der Waals surface area contributed by atoms with Gasteiger partial charge in [0, 0.05) is 17.2 Å². The number of carbonyl (C=O) groups is 1. The van der Waals surface area contributed by atoms with Crippen molar-refractivity contribution in [2.45, 2.75) is 6.54 Å². The molecule has 130 valence electrons. The molecule has 1 aliphatic heterocycles. The molecule has 1 amide bonds. The van der Waals surface area contributed by atoms with Crippen molar-refractivity contribution in [2.24, 2.45) is 0 Å². The summed E-state index contributed by atoms with van der Waals surface area (Å²) < 4.78 is 0. The monoisotopic (exact) mass is 360 g/mol. The van der Waals surface area contributed by atoms with Gasteiger partial charge in [0.25, 0.3) is 11.6 Å². The van der Waals surface area contributed by atoms with Crippen LogP contribution in [0.2, 0.25) is 5.02 Å². The van der Waals surface area contributed by atoms with E-state index < -0.39 is 4.92 Å². The van der Waals surface area contributed by atoms with Gasteiger partial charge in [-0.1, -0.05) is 41.9 Å². The van der Waals surface area contributed by atoms with Crippen molar-refractivity contribution in [3.63, 3.8) is 0 Å². The minimum absolute atomic E-state index is 0.0404. The molecule has 2 aromatic rings. The molecule has 1 aliphatic rings. The molecular weight excluding hydrogens is 342 g/mol. The minimum Gasteiger partial charge on any atom is -0.328 e. The fourth-order valence-corrected chi connectivity index (χ4v) is 3.24. The quantitative estimate of drug-likeness (QED) is 0.667. The third kappa shape index (κ3) is 4.15. The first-order chi connectivity index (χ1) is 12.0. The van der Waals surface area contributed by atoms with E-state index in [9.17, 15) is 14.9 Å². The van der Waals surface area contributed by atoms with Crippen molar-refractivity contribution in [2.75, 3.05) is 26.2 Å². The Balaban J connectivity index is 1.62. The number of amides is 1. The molecule has 0 saturated carbocycles. The number of benzene rings is 2. The van der Waals surface area contributed by atoms with Gasteiger partial charge >= 0.3 is 0 Å². The van der Waals surface area contributed by atoms with Crippen LogP contribution >= 0.6 is 11.6 Å². The van der Waals surface area contributed by atoms with Crippen molar-refractivity contribution < 1.29 is 14.6 Å². The van der Waals surface area contributed by atoms with Gasteiger partial charge in [-0.25, -0.2) is 0 Å². The van der Waals surface area contributed by atoms with E-state index in [4.69, 9.17) is 11.6 Å². The number of hydrogen-bond donors (Lipinski definition) is 1. The summed E-state index contributed by atoms with van der Waals surface area (Å²) in [5.41, 5.74) is 1.36. The van der Waals surface area contributed by atoms with Gasteiger partial charge in [-0.3, -0.25) is 14.9 Å². The zero-order valence-electron chi connectivity index (χ0n) is 13.7. The summed E-state index contributed by atoms with van der Waals surface area (Å²) in [6.07, 6.45) is 0. The first-order valence-electron chi connectivity index (χ1n) is 8.15. The maximum Gasteiger partial charge on any atom is 0.288 e. The van der Waals surface area contributed by atoms with Crippen molar-refractivity contribution >= 4 is 23.2 Å². The average Bonchev–Trinajstić information content (AvgIpc) is 2.63. The van der Waals surface area contributed by atoms with Crippen molar-refractivity contribution in [1.29, 1.82) is 0 Å². The zero-order valence-corrected chi connectivity index (χ0v) is 14.4. The molecule has 1 fully saturated rings. The van der Waals surface area contributed by atoms with Crippen LogP contribution in [0, 0.1) is 10.1 Å². The summed E-state index contributed by atoms with van der Waals surface area (Å²) in [6.45, 7) is 3.93. The van der Waals surface area contributed by atoms with Crippen LogP contribution in [-0.2, 0) is 6.54 Å². The number of hydrogen-bond acceptors (Lipinski definition) is 3. The minimum atomic E-state index is -0.568. The fourth-order valence-electron chi connectivity index (χ4n) is 3.06. The molecule has 25 heavy (non-hydrogen) atoms. The van der Waals surface area contributed by atoms with E-state index in [0.29, 0.717) is 18.7 Å². The van der Waals surface area contributed by atoms with Crippen LogP contribution in [0.15, 0.2) is 48.5 Å². The zero-order chi connectivity index (χ0) is 17.8. The molecule has 0 bridgehead atoms. The predicted molar refractivity (Wildman–Crippen MR) is 94.9 cm³/mol.